The molecule has 11 nitrogen and oxygen atoms in total. The molecule has 1 saturated heterocycles. The summed E-state index contributed by atoms with van der Waals surface area (Å²) in [4.78, 5) is 30.8. The van der Waals surface area contributed by atoms with Crippen molar-refractivity contribution in [2.45, 2.75) is 24.8 Å². The number of amides is 2. The number of hydrogen-bond acceptors (Lipinski definition) is 9. The maximum Gasteiger partial charge on any atom is 0.251 e. The number of ether oxygens (including phenoxy) is 3. The Morgan fingerprint density at radius 3 is 2.45 bits per heavy atom. The summed E-state index contributed by atoms with van der Waals surface area (Å²) in [5.74, 6) is -0.0982. The molecule has 1 atom stereocenters. The normalized spacial score (nSPS) is 14.9. The number of sulfonamides is 1. The van der Waals surface area contributed by atoms with E-state index in [2.05, 4.69) is 15.6 Å². The molecule has 0 bridgehead atoms. The quantitative estimate of drug-likeness (QED) is 0.369. The molecule has 1 aliphatic heterocycles. The predicted molar refractivity (Wildman–Crippen MR) is 151 cm³/mol. The summed E-state index contributed by atoms with van der Waals surface area (Å²) < 4.78 is 43.3. The van der Waals surface area contributed by atoms with E-state index in [1.165, 1.54) is 39.9 Å². The molecule has 3 aromatic rings. The van der Waals surface area contributed by atoms with Gasteiger partial charge < -0.3 is 24.8 Å². The molecule has 214 valence electrons. The van der Waals surface area contributed by atoms with Crippen LogP contribution in [0.15, 0.2) is 52.7 Å². The van der Waals surface area contributed by atoms with Gasteiger partial charge in [-0.3, -0.25) is 9.59 Å². The molecule has 2 amide bonds. The highest BCUT2D eigenvalue weighted by atomic mass is 32.2. The number of benzene rings is 2. The van der Waals surface area contributed by atoms with Gasteiger partial charge in [0.15, 0.2) is 16.6 Å². The largest absolute Gasteiger partial charge is 0.493 e. The topological polar surface area (TPSA) is 136 Å². The van der Waals surface area contributed by atoms with Crippen molar-refractivity contribution in [2.75, 3.05) is 45.8 Å². The summed E-state index contributed by atoms with van der Waals surface area (Å²) in [6.45, 7) is 4.75. The molecule has 4 rings (SSSR count). The summed E-state index contributed by atoms with van der Waals surface area (Å²) in [6, 6.07) is 10.3. The minimum absolute atomic E-state index is 0.0121. The number of nitrogens with zero attached hydrogens (tertiary/aromatic N) is 2. The second-order valence-electron chi connectivity index (χ2n) is 9.34. The standard InChI is InChI=1S/C27H32N4O7S2/c1-17(2)24(26(33)30-27-28-21(16-39-27)18-8-9-22(36-3)23(15-18)37-4)29-25(32)19-6-5-7-20(14-19)40(34,35)31-10-12-38-13-11-31/h5-9,14-17,24H,10-13H2,1-4H3,(H,29,32)(H,28,30,33). The van der Waals surface area contributed by atoms with E-state index in [-0.39, 0.29) is 29.5 Å². The van der Waals surface area contributed by atoms with Crippen LogP contribution >= 0.6 is 11.3 Å². The fraction of sp³-hybridized carbons (Fsp3) is 0.370. The van der Waals surface area contributed by atoms with E-state index in [1.54, 1.807) is 45.6 Å². The summed E-state index contributed by atoms with van der Waals surface area (Å²) in [5, 5.41) is 7.70. The Kier molecular flexibility index (Phi) is 9.40. The molecular formula is C27H32N4O7S2. The van der Waals surface area contributed by atoms with E-state index in [4.69, 9.17) is 14.2 Å². The minimum atomic E-state index is -3.78. The molecule has 13 heteroatoms. The lowest BCUT2D eigenvalue weighted by Crippen LogP contribution is -2.47. The number of carbonyl (C=O) groups excluding carboxylic acids is 2. The fourth-order valence-electron chi connectivity index (χ4n) is 4.14. The first-order chi connectivity index (χ1) is 19.1. The molecule has 0 spiro atoms. The lowest BCUT2D eigenvalue weighted by atomic mass is 10.0. The van der Waals surface area contributed by atoms with E-state index >= 15 is 0 Å². The van der Waals surface area contributed by atoms with Crippen LogP contribution in [0.3, 0.4) is 0 Å². The van der Waals surface area contributed by atoms with Crippen LogP contribution in [0.2, 0.25) is 0 Å². The van der Waals surface area contributed by atoms with Crippen molar-refractivity contribution in [1.29, 1.82) is 0 Å². The van der Waals surface area contributed by atoms with Gasteiger partial charge in [0, 0.05) is 29.6 Å². The Bertz CT molecular complexity index is 1470. The highest BCUT2D eigenvalue weighted by molar-refractivity contribution is 7.89. The summed E-state index contributed by atoms with van der Waals surface area (Å²) in [5.41, 5.74) is 1.57. The van der Waals surface area contributed by atoms with Crippen molar-refractivity contribution in [3.63, 3.8) is 0 Å². The van der Waals surface area contributed by atoms with Crippen molar-refractivity contribution in [3.8, 4) is 22.8 Å². The Morgan fingerprint density at radius 1 is 1.05 bits per heavy atom. The molecular weight excluding hydrogens is 556 g/mol. The number of rotatable bonds is 10. The molecule has 2 aromatic carbocycles. The van der Waals surface area contributed by atoms with Crippen molar-refractivity contribution in [3.05, 3.63) is 53.4 Å². The first-order valence-electron chi connectivity index (χ1n) is 12.6. The van der Waals surface area contributed by atoms with Gasteiger partial charge in [0.25, 0.3) is 5.91 Å². The van der Waals surface area contributed by atoms with Gasteiger partial charge in [0.05, 0.1) is 38.0 Å². The van der Waals surface area contributed by atoms with E-state index in [9.17, 15) is 18.0 Å². The second kappa shape index (κ2) is 12.8. The van der Waals surface area contributed by atoms with E-state index in [0.717, 1.165) is 5.56 Å². The lowest BCUT2D eigenvalue weighted by molar-refractivity contribution is -0.118. The number of nitrogens with one attached hydrogen (secondary N) is 2. The van der Waals surface area contributed by atoms with Gasteiger partial charge in [0.1, 0.15) is 6.04 Å². The maximum atomic E-state index is 13.2. The van der Waals surface area contributed by atoms with Crippen LogP contribution in [-0.2, 0) is 19.6 Å². The SMILES string of the molecule is COc1ccc(-c2csc(NC(=O)C(NC(=O)c3cccc(S(=O)(=O)N4CCOCC4)c3)C(C)C)n2)cc1OC. The van der Waals surface area contributed by atoms with Crippen LogP contribution in [0, 0.1) is 5.92 Å². The van der Waals surface area contributed by atoms with E-state index in [1.807, 2.05) is 6.07 Å². The molecule has 1 aliphatic rings. The lowest BCUT2D eigenvalue weighted by Gasteiger charge is -2.26. The van der Waals surface area contributed by atoms with Crippen molar-refractivity contribution >= 4 is 38.3 Å². The molecule has 1 unspecified atom stereocenters. The van der Waals surface area contributed by atoms with Crippen molar-refractivity contribution < 1.29 is 32.2 Å². The van der Waals surface area contributed by atoms with Crippen LogP contribution in [0.1, 0.15) is 24.2 Å². The molecule has 0 radical (unpaired) electrons. The Balaban J connectivity index is 1.46. The summed E-state index contributed by atoms with van der Waals surface area (Å²) in [6.07, 6.45) is 0. The van der Waals surface area contributed by atoms with Gasteiger partial charge in [-0.05, 0) is 42.3 Å². The maximum absolute atomic E-state index is 13.2. The number of morpholine rings is 1. The van der Waals surface area contributed by atoms with Gasteiger partial charge in [0.2, 0.25) is 15.9 Å². The highest BCUT2D eigenvalue weighted by Crippen LogP contribution is 2.33. The highest BCUT2D eigenvalue weighted by Gasteiger charge is 2.29. The zero-order valence-electron chi connectivity index (χ0n) is 22.7. The summed E-state index contributed by atoms with van der Waals surface area (Å²) >= 11 is 1.25. The van der Waals surface area contributed by atoms with Gasteiger partial charge in [-0.1, -0.05) is 19.9 Å². The first-order valence-corrected chi connectivity index (χ1v) is 14.9. The van der Waals surface area contributed by atoms with Crippen LogP contribution in [0.4, 0.5) is 5.13 Å². The number of carbonyl (C=O) groups is 2. The molecule has 2 heterocycles. The zero-order chi connectivity index (χ0) is 28.9. The average Bonchev–Trinajstić information content (AvgIpc) is 3.44. The number of anilines is 1. The number of thiazole rings is 1. The van der Waals surface area contributed by atoms with Gasteiger partial charge >= 0.3 is 0 Å². The molecule has 1 fully saturated rings. The fourth-order valence-corrected chi connectivity index (χ4v) is 6.31. The predicted octanol–water partition coefficient (Wildman–Crippen LogP) is 3.24. The molecule has 1 aromatic heterocycles. The number of aromatic nitrogens is 1. The monoisotopic (exact) mass is 588 g/mol. The minimum Gasteiger partial charge on any atom is -0.493 e. The Labute approximate surface area is 237 Å². The Hall–Kier alpha value is -3.52. The van der Waals surface area contributed by atoms with Gasteiger partial charge in [-0.2, -0.15) is 4.31 Å². The van der Waals surface area contributed by atoms with Crippen LogP contribution in [-0.4, -0.2) is 76.1 Å². The molecule has 40 heavy (non-hydrogen) atoms. The number of hydrogen-bond donors (Lipinski definition) is 2. The van der Waals surface area contributed by atoms with Crippen molar-refractivity contribution in [2.24, 2.45) is 5.92 Å². The third-order valence-corrected chi connectivity index (χ3v) is 9.01. The van der Waals surface area contributed by atoms with Crippen LogP contribution in [0.25, 0.3) is 11.3 Å². The second-order valence-corrected chi connectivity index (χ2v) is 12.1. The van der Waals surface area contributed by atoms with Crippen LogP contribution in [0.5, 0.6) is 11.5 Å². The van der Waals surface area contributed by atoms with E-state index in [0.29, 0.717) is 35.5 Å². The smallest absolute Gasteiger partial charge is 0.251 e. The third kappa shape index (κ3) is 6.61. The zero-order valence-corrected chi connectivity index (χ0v) is 24.3. The van der Waals surface area contributed by atoms with Crippen molar-refractivity contribution in [1.82, 2.24) is 14.6 Å². The first kappa shape index (κ1) is 29.5. The average molecular weight is 589 g/mol. The van der Waals surface area contributed by atoms with Gasteiger partial charge in [-0.15, -0.1) is 11.3 Å². The van der Waals surface area contributed by atoms with E-state index < -0.39 is 27.9 Å². The third-order valence-electron chi connectivity index (χ3n) is 6.35. The molecule has 0 saturated carbocycles. The van der Waals surface area contributed by atoms with Gasteiger partial charge in [-0.25, -0.2) is 13.4 Å². The molecule has 0 aliphatic carbocycles. The van der Waals surface area contributed by atoms with Crippen LogP contribution < -0.4 is 20.1 Å². The summed E-state index contributed by atoms with van der Waals surface area (Å²) in [7, 11) is -0.670. The Morgan fingerprint density at radius 2 is 1.77 bits per heavy atom. The number of methoxy groups -OCH3 is 2. The molecule has 2 N–H and O–H groups in total.